The van der Waals surface area contributed by atoms with Gasteiger partial charge >= 0.3 is 5.97 Å². The zero-order valence-electron chi connectivity index (χ0n) is 7.03. The van der Waals surface area contributed by atoms with Crippen LogP contribution in [0.5, 0.6) is 0 Å². The summed E-state index contributed by atoms with van der Waals surface area (Å²) in [4.78, 5) is 21.7. The Bertz CT molecular complexity index is 208. The van der Waals surface area contributed by atoms with E-state index in [9.17, 15) is 9.59 Å². The van der Waals surface area contributed by atoms with E-state index in [-0.39, 0.29) is 17.8 Å². The monoisotopic (exact) mass is 168 g/mol. The highest BCUT2D eigenvalue weighted by molar-refractivity contribution is 5.78. The molecule has 3 nitrogen and oxygen atoms in total. The van der Waals surface area contributed by atoms with E-state index in [1.807, 2.05) is 6.08 Å². The summed E-state index contributed by atoms with van der Waals surface area (Å²) in [5, 5.41) is 0. The van der Waals surface area contributed by atoms with E-state index in [0.29, 0.717) is 0 Å². The smallest absolute Gasteiger partial charge is 0.313 e. The molecule has 0 saturated heterocycles. The number of ether oxygens (including phenoxy) is 1. The number of carbonyl (C=O) groups is 2. The van der Waals surface area contributed by atoms with E-state index in [1.165, 1.54) is 7.11 Å². The second kappa shape index (κ2) is 4.04. The Kier molecular flexibility index (Phi) is 3.02. The molecule has 0 aliphatic heterocycles. The number of carbonyl (C=O) groups excluding carboxylic acids is 2. The molecule has 0 spiro atoms. The predicted octanol–water partition coefficient (Wildman–Crippen LogP) is 0.941. The van der Waals surface area contributed by atoms with Crippen molar-refractivity contribution in [2.45, 2.75) is 12.8 Å². The standard InChI is InChI=1S/C9H12O3/c1-12-9(11)8-5-3-2-4-7(8)6-10/h3,5-8H,2,4H2,1H3. The van der Waals surface area contributed by atoms with Crippen LogP contribution in [0.15, 0.2) is 12.2 Å². The third-order valence-electron chi connectivity index (χ3n) is 2.12. The van der Waals surface area contributed by atoms with Crippen molar-refractivity contribution in [3.8, 4) is 0 Å². The summed E-state index contributed by atoms with van der Waals surface area (Å²) in [5.41, 5.74) is 0. The van der Waals surface area contributed by atoms with Crippen molar-refractivity contribution in [2.24, 2.45) is 11.8 Å². The molecule has 0 heterocycles. The molecule has 1 aliphatic carbocycles. The maximum absolute atomic E-state index is 11.1. The molecule has 66 valence electrons. The van der Waals surface area contributed by atoms with Gasteiger partial charge in [0.2, 0.25) is 0 Å². The Morgan fingerprint density at radius 1 is 1.67 bits per heavy atom. The molecule has 0 bridgehead atoms. The maximum Gasteiger partial charge on any atom is 0.313 e. The van der Waals surface area contributed by atoms with Gasteiger partial charge in [0.05, 0.1) is 13.0 Å². The molecule has 2 atom stereocenters. The van der Waals surface area contributed by atoms with Crippen LogP contribution in [0.25, 0.3) is 0 Å². The summed E-state index contributed by atoms with van der Waals surface area (Å²) in [7, 11) is 1.34. The Morgan fingerprint density at radius 2 is 2.42 bits per heavy atom. The fourth-order valence-electron chi connectivity index (χ4n) is 1.40. The van der Waals surface area contributed by atoms with E-state index in [4.69, 9.17) is 0 Å². The number of esters is 1. The zero-order valence-corrected chi connectivity index (χ0v) is 7.03. The average molecular weight is 168 g/mol. The van der Waals surface area contributed by atoms with Crippen molar-refractivity contribution in [2.75, 3.05) is 7.11 Å². The lowest BCUT2D eigenvalue weighted by Gasteiger charge is -2.20. The highest BCUT2D eigenvalue weighted by atomic mass is 16.5. The van der Waals surface area contributed by atoms with Crippen molar-refractivity contribution in [1.82, 2.24) is 0 Å². The molecular formula is C9H12O3. The van der Waals surface area contributed by atoms with Gasteiger partial charge in [-0.15, -0.1) is 0 Å². The van der Waals surface area contributed by atoms with Crippen LogP contribution >= 0.6 is 0 Å². The molecule has 3 heteroatoms. The fourth-order valence-corrected chi connectivity index (χ4v) is 1.40. The van der Waals surface area contributed by atoms with Crippen molar-refractivity contribution in [3.63, 3.8) is 0 Å². The Balaban J connectivity index is 2.70. The molecule has 2 unspecified atom stereocenters. The Hall–Kier alpha value is -1.12. The summed E-state index contributed by atoms with van der Waals surface area (Å²) in [6, 6.07) is 0. The van der Waals surface area contributed by atoms with Crippen LogP contribution in [-0.2, 0) is 14.3 Å². The SMILES string of the molecule is COC(=O)C1C=CCCC1C=O. The highest BCUT2D eigenvalue weighted by Gasteiger charge is 2.27. The Labute approximate surface area is 71.4 Å². The van der Waals surface area contributed by atoms with Crippen molar-refractivity contribution >= 4 is 12.3 Å². The van der Waals surface area contributed by atoms with Gasteiger partial charge in [-0.2, -0.15) is 0 Å². The maximum atomic E-state index is 11.1. The van der Waals surface area contributed by atoms with Gasteiger partial charge in [0, 0.05) is 5.92 Å². The third-order valence-corrected chi connectivity index (χ3v) is 2.12. The lowest BCUT2D eigenvalue weighted by molar-refractivity contribution is -0.146. The highest BCUT2D eigenvalue weighted by Crippen LogP contribution is 2.23. The summed E-state index contributed by atoms with van der Waals surface area (Å²) in [6.07, 6.45) is 6.14. The summed E-state index contributed by atoms with van der Waals surface area (Å²) in [6.45, 7) is 0. The number of aldehydes is 1. The van der Waals surface area contributed by atoms with Gasteiger partial charge in [0.15, 0.2) is 0 Å². The first kappa shape index (κ1) is 8.97. The van der Waals surface area contributed by atoms with Gasteiger partial charge < -0.3 is 9.53 Å². The van der Waals surface area contributed by atoms with Gasteiger partial charge in [-0.3, -0.25) is 4.79 Å². The third kappa shape index (κ3) is 1.72. The van der Waals surface area contributed by atoms with Crippen LogP contribution in [-0.4, -0.2) is 19.4 Å². The second-order valence-corrected chi connectivity index (χ2v) is 2.85. The molecule has 12 heavy (non-hydrogen) atoms. The molecular weight excluding hydrogens is 156 g/mol. The largest absolute Gasteiger partial charge is 0.469 e. The van der Waals surface area contributed by atoms with Crippen LogP contribution in [0.2, 0.25) is 0 Å². The van der Waals surface area contributed by atoms with Crippen LogP contribution in [0.3, 0.4) is 0 Å². The lowest BCUT2D eigenvalue weighted by Crippen LogP contribution is -2.26. The molecule has 0 N–H and O–H groups in total. The van der Waals surface area contributed by atoms with Crippen LogP contribution in [0.1, 0.15) is 12.8 Å². The lowest BCUT2D eigenvalue weighted by atomic mass is 9.85. The average Bonchev–Trinajstić information content (AvgIpc) is 2.16. The number of rotatable bonds is 2. The molecule has 0 aromatic heterocycles. The first-order chi connectivity index (χ1) is 5.79. The first-order valence-corrected chi connectivity index (χ1v) is 3.99. The van der Waals surface area contributed by atoms with Gasteiger partial charge in [0.25, 0.3) is 0 Å². The van der Waals surface area contributed by atoms with Crippen LogP contribution in [0, 0.1) is 11.8 Å². The van der Waals surface area contributed by atoms with Crippen LogP contribution in [0.4, 0.5) is 0 Å². The molecule has 0 fully saturated rings. The minimum atomic E-state index is -0.360. The van der Waals surface area contributed by atoms with Crippen molar-refractivity contribution in [3.05, 3.63) is 12.2 Å². The van der Waals surface area contributed by atoms with E-state index in [0.717, 1.165) is 19.1 Å². The van der Waals surface area contributed by atoms with Gasteiger partial charge in [-0.1, -0.05) is 12.2 Å². The zero-order chi connectivity index (χ0) is 8.97. The first-order valence-electron chi connectivity index (χ1n) is 3.99. The van der Waals surface area contributed by atoms with Gasteiger partial charge in [-0.25, -0.2) is 0 Å². The number of hydrogen-bond acceptors (Lipinski definition) is 3. The molecule has 0 radical (unpaired) electrons. The van der Waals surface area contributed by atoms with Crippen molar-refractivity contribution < 1.29 is 14.3 Å². The number of hydrogen-bond donors (Lipinski definition) is 0. The molecule has 0 saturated carbocycles. The fraction of sp³-hybridized carbons (Fsp3) is 0.556. The quantitative estimate of drug-likeness (QED) is 0.350. The molecule has 0 aromatic carbocycles. The van der Waals surface area contributed by atoms with Crippen molar-refractivity contribution in [1.29, 1.82) is 0 Å². The summed E-state index contributed by atoms with van der Waals surface area (Å²) in [5.74, 6) is -0.869. The molecule has 1 rings (SSSR count). The minimum Gasteiger partial charge on any atom is -0.469 e. The normalized spacial score (nSPS) is 28.1. The minimum absolute atomic E-state index is 0.192. The number of methoxy groups -OCH3 is 1. The molecule has 0 aromatic rings. The van der Waals surface area contributed by atoms with E-state index in [1.54, 1.807) is 6.08 Å². The predicted molar refractivity (Wildman–Crippen MR) is 43.4 cm³/mol. The topological polar surface area (TPSA) is 43.4 Å². The summed E-state index contributed by atoms with van der Waals surface area (Å²) >= 11 is 0. The number of allylic oxidation sites excluding steroid dienone is 1. The van der Waals surface area contributed by atoms with E-state index >= 15 is 0 Å². The van der Waals surface area contributed by atoms with E-state index < -0.39 is 0 Å². The van der Waals surface area contributed by atoms with Gasteiger partial charge in [0.1, 0.15) is 6.29 Å². The Morgan fingerprint density at radius 3 is 3.00 bits per heavy atom. The summed E-state index contributed by atoms with van der Waals surface area (Å²) < 4.78 is 4.57. The molecule has 1 aliphatic rings. The van der Waals surface area contributed by atoms with Gasteiger partial charge in [-0.05, 0) is 12.8 Å². The van der Waals surface area contributed by atoms with Crippen LogP contribution < -0.4 is 0 Å². The van der Waals surface area contributed by atoms with E-state index in [2.05, 4.69) is 4.74 Å². The molecule has 0 amide bonds. The second-order valence-electron chi connectivity index (χ2n) is 2.85.